The highest BCUT2D eigenvalue weighted by atomic mass is 79.9. The van der Waals surface area contributed by atoms with Crippen molar-refractivity contribution in [2.24, 2.45) is 0 Å². The standard InChI is InChI=1S/C7H14Br2/c1-2-3-4-7(9)5-6-8/h7H,2-6H2,1H3/t7-/m0/s1. The Labute approximate surface area is 74.7 Å². The van der Waals surface area contributed by atoms with E-state index in [2.05, 4.69) is 38.8 Å². The van der Waals surface area contributed by atoms with Gasteiger partial charge >= 0.3 is 0 Å². The zero-order chi connectivity index (χ0) is 7.11. The first-order valence-corrected chi connectivity index (χ1v) is 5.55. The van der Waals surface area contributed by atoms with Crippen LogP contribution in [-0.4, -0.2) is 10.2 Å². The summed E-state index contributed by atoms with van der Waals surface area (Å²) >= 11 is 7.02. The Morgan fingerprint density at radius 2 is 2.00 bits per heavy atom. The van der Waals surface area contributed by atoms with Crippen LogP contribution in [0.2, 0.25) is 0 Å². The zero-order valence-electron chi connectivity index (χ0n) is 5.87. The van der Waals surface area contributed by atoms with Gasteiger partial charge in [-0.05, 0) is 12.8 Å². The monoisotopic (exact) mass is 256 g/mol. The molecule has 0 saturated heterocycles. The molecule has 0 nitrogen and oxygen atoms in total. The number of rotatable bonds is 5. The molecule has 0 spiro atoms. The van der Waals surface area contributed by atoms with Crippen LogP contribution in [0.5, 0.6) is 0 Å². The molecular formula is C7H14Br2. The van der Waals surface area contributed by atoms with Gasteiger partial charge in [0.1, 0.15) is 0 Å². The molecule has 0 aliphatic rings. The van der Waals surface area contributed by atoms with Gasteiger partial charge in [0.25, 0.3) is 0 Å². The molecule has 0 aliphatic carbocycles. The maximum atomic E-state index is 3.61. The van der Waals surface area contributed by atoms with E-state index in [9.17, 15) is 0 Å². The first kappa shape index (κ1) is 9.96. The fourth-order valence-electron chi connectivity index (χ4n) is 0.688. The quantitative estimate of drug-likeness (QED) is 0.659. The van der Waals surface area contributed by atoms with Gasteiger partial charge in [-0.2, -0.15) is 0 Å². The Morgan fingerprint density at radius 3 is 2.44 bits per heavy atom. The molecular weight excluding hydrogens is 244 g/mol. The predicted molar refractivity (Wildman–Crippen MR) is 50.7 cm³/mol. The first-order chi connectivity index (χ1) is 4.31. The molecule has 0 saturated carbocycles. The van der Waals surface area contributed by atoms with E-state index in [1.54, 1.807) is 0 Å². The van der Waals surface area contributed by atoms with Gasteiger partial charge in [-0.15, -0.1) is 0 Å². The maximum absolute atomic E-state index is 3.61. The molecule has 0 rings (SSSR count). The minimum Gasteiger partial charge on any atom is -0.0928 e. The Hall–Kier alpha value is 0.960. The molecule has 0 amide bonds. The van der Waals surface area contributed by atoms with Crippen LogP contribution < -0.4 is 0 Å². The second kappa shape index (κ2) is 7.07. The topological polar surface area (TPSA) is 0 Å². The van der Waals surface area contributed by atoms with Crippen molar-refractivity contribution in [1.29, 1.82) is 0 Å². The molecule has 0 heterocycles. The Bertz CT molecular complexity index is 54.9. The van der Waals surface area contributed by atoms with Crippen LogP contribution in [0.3, 0.4) is 0 Å². The molecule has 0 N–H and O–H groups in total. The summed E-state index contributed by atoms with van der Waals surface area (Å²) in [5.41, 5.74) is 0. The van der Waals surface area contributed by atoms with Crippen LogP contribution in [0, 0.1) is 0 Å². The second-order valence-corrected chi connectivity index (χ2v) is 4.31. The summed E-state index contributed by atoms with van der Waals surface area (Å²) < 4.78 is 0. The number of hydrogen-bond donors (Lipinski definition) is 0. The summed E-state index contributed by atoms with van der Waals surface area (Å²) in [6.45, 7) is 2.23. The highest BCUT2D eigenvalue weighted by molar-refractivity contribution is 9.10. The summed E-state index contributed by atoms with van der Waals surface area (Å²) in [7, 11) is 0. The normalized spacial score (nSPS) is 13.7. The van der Waals surface area contributed by atoms with Gasteiger partial charge in [0.15, 0.2) is 0 Å². The number of unbranched alkanes of at least 4 members (excludes halogenated alkanes) is 1. The molecule has 0 aliphatic heterocycles. The molecule has 0 aromatic carbocycles. The van der Waals surface area contributed by atoms with Crippen LogP contribution >= 0.6 is 31.9 Å². The lowest BCUT2D eigenvalue weighted by molar-refractivity contribution is 0.682. The lowest BCUT2D eigenvalue weighted by Crippen LogP contribution is -1.97. The van der Waals surface area contributed by atoms with Crippen LogP contribution in [0.1, 0.15) is 32.6 Å². The molecule has 0 aromatic rings. The average Bonchev–Trinajstić information content (AvgIpc) is 1.85. The van der Waals surface area contributed by atoms with E-state index in [0.29, 0.717) is 0 Å². The number of hydrogen-bond acceptors (Lipinski definition) is 0. The third-order valence-electron chi connectivity index (χ3n) is 1.29. The molecule has 0 fully saturated rings. The molecule has 56 valence electrons. The predicted octanol–water partition coefficient (Wildman–Crippen LogP) is 3.73. The highest BCUT2D eigenvalue weighted by Gasteiger charge is 2.00. The minimum absolute atomic E-state index is 0.733. The first-order valence-electron chi connectivity index (χ1n) is 3.51. The fourth-order valence-corrected chi connectivity index (χ4v) is 2.41. The Morgan fingerprint density at radius 1 is 1.33 bits per heavy atom. The van der Waals surface area contributed by atoms with Gasteiger partial charge in [0.05, 0.1) is 0 Å². The van der Waals surface area contributed by atoms with Gasteiger partial charge in [0, 0.05) is 10.2 Å². The van der Waals surface area contributed by atoms with Gasteiger partial charge < -0.3 is 0 Å². The Kier molecular flexibility index (Phi) is 7.83. The molecule has 0 bridgehead atoms. The molecule has 0 unspecified atom stereocenters. The number of alkyl halides is 2. The summed E-state index contributed by atoms with van der Waals surface area (Å²) in [6, 6.07) is 0. The van der Waals surface area contributed by atoms with Crippen LogP contribution in [0.15, 0.2) is 0 Å². The second-order valence-electron chi connectivity index (χ2n) is 2.22. The lowest BCUT2D eigenvalue weighted by Gasteiger charge is -2.04. The SMILES string of the molecule is CCCC[C@H](Br)CCBr. The van der Waals surface area contributed by atoms with Gasteiger partial charge in [-0.25, -0.2) is 0 Å². The van der Waals surface area contributed by atoms with Crippen molar-refractivity contribution < 1.29 is 0 Å². The van der Waals surface area contributed by atoms with Crippen LogP contribution in [0.4, 0.5) is 0 Å². The van der Waals surface area contributed by atoms with Crippen molar-refractivity contribution in [3.05, 3.63) is 0 Å². The van der Waals surface area contributed by atoms with Gasteiger partial charge in [0.2, 0.25) is 0 Å². The lowest BCUT2D eigenvalue weighted by atomic mass is 10.2. The third kappa shape index (κ3) is 6.85. The summed E-state index contributed by atoms with van der Waals surface area (Å²) in [4.78, 5) is 0.733. The summed E-state index contributed by atoms with van der Waals surface area (Å²) in [5, 5.41) is 1.12. The molecule has 0 radical (unpaired) electrons. The fraction of sp³-hybridized carbons (Fsp3) is 1.00. The van der Waals surface area contributed by atoms with E-state index in [1.165, 1.54) is 25.7 Å². The number of halogens is 2. The van der Waals surface area contributed by atoms with E-state index in [0.717, 1.165) is 10.2 Å². The van der Waals surface area contributed by atoms with E-state index in [4.69, 9.17) is 0 Å². The highest BCUT2D eigenvalue weighted by Crippen LogP contribution is 2.14. The van der Waals surface area contributed by atoms with Crippen molar-refractivity contribution in [1.82, 2.24) is 0 Å². The van der Waals surface area contributed by atoms with Crippen LogP contribution in [-0.2, 0) is 0 Å². The third-order valence-corrected chi connectivity index (χ3v) is 2.67. The largest absolute Gasteiger partial charge is 0.0928 e. The molecule has 2 heteroatoms. The van der Waals surface area contributed by atoms with Crippen molar-refractivity contribution in [3.8, 4) is 0 Å². The van der Waals surface area contributed by atoms with Gasteiger partial charge in [-0.1, -0.05) is 51.6 Å². The van der Waals surface area contributed by atoms with Crippen molar-refractivity contribution in [2.45, 2.75) is 37.4 Å². The summed E-state index contributed by atoms with van der Waals surface area (Å²) in [5.74, 6) is 0. The minimum atomic E-state index is 0.733. The van der Waals surface area contributed by atoms with Crippen molar-refractivity contribution in [2.75, 3.05) is 5.33 Å². The van der Waals surface area contributed by atoms with Crippen molar-refractivity contribution in [3.63, 3.8) is 0 Å². The van der Waals surface area contributed by atoms with E-state index >= 15 is 0 Å². The maximum Gasteiger partial charge on any atom is 0.0153 e. The Balaban J connectivity index is 2.95. The van der Waals surface area contributed by atoms with E-state index in [1.807, 2.05) is 0 Å². The zero-order valence-corrected chi connectivity index (χ0v) is 9.04. The smallest absolute Gasteiger partial charge is 0.0153 e. The molecule has 9 heavy (non-hydrogen) atoms. The average molecular weight is 258 g/mol. The van der Waals surface area contributed by atoms with E-state index in [-0.39, 0.29) is 0 Å². The molecule has 0 aromatic heterocycles. The van der Waals surface area contributed by atoms with E-state index < -0.39 is 0 Å². The van der Waals surface area contributed by atoms with Gasteiger partial charge in [-0.3, -0.25) is 0 Å². The van der Waals surface area contributed by atoms with Crippen molar-refractivity contribution >= 4 is 31.9 Å². The molecule has 1 atom stereocenters. The van der Waals surface area contributed by atoms with Crippen LogP contribution in [0.25, 0.3) is 0 Å². The summed E-state index contributed by atoms with van der Waals surface area (Å²) in [6.07, 6.45) is 5.23.